The molecule has 0 atom stereocenters. The van der Waals surface area contributed by atoms with Crippen LogP contribution in [0.3, 0.4) is 0 Å². The average Bonchev–Trinajstić information content (AvgIpc) is 2.25. The fourth-order valence-corrected chi connectivity index (χ4v) is 1.62. The predicted octanol–water partition coefficient (Wildman–Crippen LogP) is 2.41. The average molecular weight is 242 g/mol. The normalized spacial score (nSPS) is 12.3. The topological polar surface area (TPSA) is 62.4 Å². The van der Waals surface area contributed by atoms with Crippen LogP contribution in [0, 0.1) is 5.92 Å². The zero-order valence-electron chi connectivity index (χ0n) is 11.9. The lowest BCUT2D eigenvalue weighted by Crippen LogP contribution is -2.44. The van der Waals surface area contributed by atoms with E-state index in [2.05, 4.69) is 43.4 Å². The van der Waals surface area contributed by atoms with Crippen molar-refractivity contribution in [3.05, 3.63) is 0 Å². The van der Waals surface area contributed by atoms with Gasteiger partial charge >= 0.3 is 0 Å². The Labute approximate surface area is 106 Å². The predicted molar refractivity (Wildman–Crippen MR) is 75.8 cm³/mol. The summed E-state index contributed by atoms with van der Waals surface area (Å²) in [5, 5.41) is 3.16. The molecule has 0 heterocycles. The van der Waals surface area contributed by atoms with Gasteiger partial charge in [-0.25, -0.2) is 5.84 Å². The lowest BCUT2D eigenvalue weighted by Gasteiger charge is -2.11. The van der Waals surface area contributed by atoms with Crippen LogP contribution < -0.4 is 16.6 Å². The summed E-state index contributed by atoms with van der Waals surface area (Å²) in [5.41, 5.74) is 2.59. The van der Waals surface area contributed by atoms with Gasteiger partial charge in [0.1, 0.15) is 0 Å². The van der Waals surface area contributed by atoms with Crippen molar-refractivity contribution < 1.29 is 0 Å². The monoisotopic (exact) mass is 242 g/mol. The summed E-state index contributed by atoms with van der Waals surface area (Å²) in [5.74, 6) is 6.90. The highest BCUT2D eigenvalue weighted by atomic mass is 15.3. The first-order chi connectivity index (χ1) is 8.06. The van der Waals surface area contributed by atoms with Crippen LogP contribution in [0.25, 0.3) is 0 Å². The SMILES string of the molecule is CC(C)CCCCCCN=C(NN)NC(C)C. The molecule has 4 N–H and O–H groups in total. The lowest BCUT2D eigenvalue weighted by atomic mass is 10.0. The lowest BCUT2D eigenvalue weighted by molar-refractivity contribution is 0.521. The molecule has 0 aromatic rings. The molecule has 0 aliphatic carbocycles. The second-order valence-electron chi connectivity index (χ2n) is 5.27. The van der Waals surface area contributed by atoms with Crippen molar-refractivity contribution >= 4 is 5.96 Å². The molecule has 17 heavy (non-hydrogen) atoms. The molecule has 0 aromatic carbocycles. The molecule has 0 unspecified atom stereocenters. The number of rotatable bonds is 8. The molecule has 0 aliphatic rings. The maximum atomic E-state index is 5.37. The van der Waals surface area contributed by atoms with Crippen LogP contribution in [0.1, 0.15) is 59.8 Å². The molecule has 0 saturated heterocycles. The highest BCUT2D eigenvalue weighted by Gasteiger charge is 1.98. The minimum absolute atomic E-state index is 0.357. The molecule has 4 heteroatoms. The zero-order valence-corrected chi connectivity index (χ0v) is 11.9. The van der Waals surface area contributed by atoms with E-state index >= 15 is 0 Å². The molecule has 0 saturated carbocycles. The Morgan fingerprint density at radius 2 is 1.71 bits per heavy atom. The largest absolute Gasteiger partial charge is 0.353 e. The fourth-order valence-electron chi connectivity index (χ4n) is 1.62. The minimum Gasteiger partial charge on any atom is -0.353 e. The van der Waals surface area contributed by atoms with E-state index in [0.29, 0.717) is 12.0 Å². The van der Waals surface area contributed by atoms with Gasteiger partial charge in [-0.3, -0.25) is 10.4 Å². The van der Waals surface area contributed by atoms with Crippen LogP contribution in [-0.4, -0.2) is 18.5 Å². The van der Waals surface area contributed by atoms with Crippen molar-refractivity contribution in [2.45, 2.75) is 65.8 Å². The van der Waals surface area contributed by atoms with Crippen LogP contribution in [0.4, 0.5) is 0 Å². The van der Waals surface area contributed by atoms with Crippen molar-refractivity contribution in [3.63, 3.8) is 0 Å². The Bertz CT molecular complexity index is 200. The number of nitrogens with one attached hydrogen (secondary N) is 2. The molecule has 4 nitrogen and oxygen atoms in total. The van der Waals surface area contributed by atoms with Gasteiger partial charge < -0.3 is 5.32 Å². The first-order valence-corrected chi connectivity index (χ1v) is 6.83. The van der Waals surface area contributed by atoms with Gasteiger partial charge in [-0.1, -0.05) is 39.5 Å². The standard InChI is InChI=1S/C13H30N4/c1-11(2)9-7-5-6-8-10-15-13(17-14)16-12(3)4/h11-12H,5-10,14H2,1-4H3,(H2,15,16,17). The third-order valence-electron chi connectivity index (χ3n) is 2.52. The van der Waals surface area contributed by atoms with Crippen molar-refractivity contribution in [2.24, 2.45) is 16.8 Å². The van der Waals surface area contributed by atoms with Gasteiger partial charge in [-0.2, -0.15) is 0 Å². The van der Waals surface area contributed by atoms with E-state index in [-0.39, 0.29) is 0 Å². The summed E-state index contributed by atoms with van der Waals surface area (Å²) in [4.78, 5) is 4.38. The smallest absolute Gasteiger partial charge is 0.205 e. The fraction of sp³-hybridized carbons (Fsp3) is 0.923. The van der Waals surface area contributed by atoms with Gasteiger partial charge in [0.05, 0.1) is 0 Å². The molecule has 0 amide bonds. The molecule has 0 spiro atoms. The molecular weight excluding hydrogens is 212 g/mol. The number of guanidine groups is 1. The van der Waals surface area contributed by atoms with E-state index in [9.17, 15) is 0 Å². The second kappa shape index (κ2) is 10.4. The summed E-state index contributed by atoms with van der Waals surface area (Å²) in [6, 6.07) is 0.357. The van der Waals surface area contributed by atoms with E-state index in [1.54, 1.807) is 0 Å². The summed E-state index contributed by atoms with van der Waals surface area (Å²) < 4.78 is 0. The van der Waals surface area contributed by atoms with Crippen molar-refractivity contribution in [3.8, 4) is 0 Å². The number of hydrazine groups is 1. The highest BCUT2D eigenvalue weighted by Crippen LogP contribution is 2.09. The van der Waals surface area contributed by atoms with Crippen molar-refractivity contribution in [1.82, 2.24) is 10.7 Å². The maximum Gasteiger partial charge on any atom is 0.205 e. The van der Waals surface area contributed by atoms with E-state index in [4.69, 9.17) is 5.84 Å². The summed E-state index contributed by atoms with van der Waals surface area (Å²) >= 11 is 0. The number of nitrogens with zero attached hydrogens (tertiary/aromatic N) is 1. The van der Waals surface area contributed by atoms with E-state index in [0.717, 1.165) is 18.9 Å². The Hall–Kier alpha value is -0.770. The van der Waals surface area contributed by atoms with Crippen LogP contribution in [0.15, 0.2) is 4.99 Å². The molecule has 0 rings (SSSR count). The third-order valence-corrected chi connectivity index (χ3v) is 2.52. The van der Waals surface area contributed by atoms with Gasteiger partial charge in [-0.15, -0.1) is 0 Å². The Morgan fingerprint density at radius 3 is 2.24 bits per heavy atom. The van der Waals surface area contributed by atoms with Crippen LogP contribution >= 0.6 is 0 Å². The van der Waals surface area contributed by atoms with Crippen LogP contribution in [0.5, 0.6) is 0 Å². The Morgan fingerprint density at radius 1 is 1.06 bits per heavy atom. The molecular formula is C13H30N4. The van der Waals surface area contributed by atoms with Gasteiger partial charge in [0, 0.05) is 12.6 Å². The second-order valence-corrected chi connectivity index (χ2v) is 5.27. The molecule has 0 radical (unpaired) electrons. The molecule has 0 bridgehead atoms. The van der Waals surface area contributed by atoms with E-state index in [1.165, 1.54) is 25.7 Å². The summed E-state index contributed by atoms with van der Waals surface area (Å²) in [7, 11) is 0. The summed E-state index contributed by atoms with van der Waals surface area (Å²) in [6.45, 7) is 9.54. The molecule has 0 aliphatic heterocycles. The van der Waals surface area contributed by atoms with Gasteiger partial charge in [0.25, 0.3) is 0 Å². The van der Waals surface area contributed by atoms with Crippen LogP contribution in [-0.2, 0) is 0 Å². The first-order valence-electron chi connectivity index (χ1n) is 6.83. The zero-order chi connectivity index (χ0) is 13.1. The van der Waals surface area contributed by atoms with Gasteiger partial charge in [0.15, 0.2) is 0 Å². The summed E-state index contributed by atoms with van der Waals surface area (Å²) in [6.07, 6.45) is 6.40. The first kappa shape index (κ1) is 16.2. The van der Waals surface area contributed by atoms with Gasteiger partial charge in [0.2, 0.25) is 5.96 Å². The highest BCUT2D eigenvalue weighted by molar-refractivity contribution is 5.79. The number of unbranched alkanes of at least 4 members (excludes halogenated alkanes) is 3. The number of nitrogens with two attached hydrogens (primary N) is 1. The molecule has 0 fully saturated rings. The molecule has 102 valence electrons. The van der Waals surface area contributed by atoms with Crippen molar-refractivity contribution in [2.75, 3.05) is 6.54 Å². The molecule has 0 aromatic heterocycles. The minimum atomic E-state index is 0.357. The van der Waals surface area contributed by atoms with Crippen LogP contribution in [0.2, 0.25) is 0 Å². The number of aliphatic imine (C=N–C) groups is 1. The van der Waals surface area contributed by atoms with E-state index < -0.39 is 0 Å². The Kier molecular flexibility index (Phi) is 9.92. The van der Waals surface area contributed by atoms with Gasteiger partial charge in [-0.05, 0) is 26.2 Å². The van der Waals surface area contributed by atoms with Crippen molar-refractivity contribution in [1.29, 1.82) is 0 Å². The maximum absolute atomic E-state index is 5.37. The Balaban J connectivity index is 3.50. The third kappa shape index (κ3) is 11.5. The number of hydrogen-bond acceptors (Lipinski definition) is 2. The number of hydrogen-bond donors (Lipinski definition) is 3. The van der Waals surface area contributed by atoms with E-state index in [1.807, 2.05) is 0 Å². The quantitative estimate of drug-likeness (QED) is 0.201.